The first-order valence-electron chi connectivity index (χ1n) is 8.11. The Bertz CT molecular complexity index is 943. The number of thiocarbonyl (C=S) groups is 1. The summed E-state index contributed by atoms with van der Waals surface area (Å²) in [5, 5.41) is 16.3. The van der Waals surface area contributed by atoms with Crippen LogP contribution in [0.25, 0.3) is 6.08 Å². The van der Waals surface area contributed by atoms with Gasteiger partial charge in [-0.1, -0.05) is 12.1 Å². The number of nitro benzene ring substituents is 1. The zero-order valence-electron chi connectivity index (χ0n) is 15.5. The van der Waals surface area contributed by atoms with Crippen molar-refractivity contribution in [2.75, 3.05) is 19.5 Å². The molecule has 0 radical (unpaired) electrons. The Morgan fingerprint density at radius 1 is 1.18 bits per heavy atom. The molecular weight excluding hydrogens is 382 g/mol. The van der Waals surface area contributed by atoms with Crippen molar-refractivity contribution in [2.24, 2.45) is 0 Å². The van der Waals surface area contributed by atoms with Gasteiger partial charge in [0.1, 0.15) is 0 Å². The van der Waals surface area contributed by atoms with E-state index in [1.165, 1.54) is 32.4 Å². The number of nitrogens with zero attached hydrogens (tertiary/aromatic N) is 1. The van der Waals surface area contributed by atoms with E-state index >= 15 is 0 Å². The summed E-state index contributed by atoms with van der Waals surface area (Å²) < 4.78 is 10.4. The molecule has 0 aliphatic heterocycles. The molecule has 0 aliphatic carbocycles. The second-order valence-electron chi connectivity index (χ2n) is 5.60. The molecule has 0 spiro atoms. The molecule has 28 heavy (non-hydrogen) atoms. The molecule has 0 unspecified atom stereocenters. The van der Waals surface area contributed by atoms with E-state index in [0.29, 0.717) is 22.7 Å². The normalized spacial score (nSPS) is 10.4. The lowest BCUT2D eigenvalue weighted by Gasteiger charge is -2.10. The van der Waals surface area contributed by atoms with E-state index in [-0.39, 0.29) is 10.8 Å². The maximum absolute atomic E-state index is 12.1. The second-order valence-corrected chi connectivity index (χ2v) is 6.01. The Labute approximate surface area is 167 Å². The third-order valence-electron chi connectivity index (χ3n) is 3.82. The van der Waals surface area contributed by atoms with Gasteiger partial charge in [-0.25, -0.2) is 0 Å². The standard InChI is InChI=1S/C19H19N3O5S/c1-12-14(5-4-6-15(12)22(24)25)20-19(28)21-18(23)10-8-13-7-9-16(26-2)17(11-13)27-3/h4-11H,1-3H3,(H2,20,21,23,28)/b10-8+. The molecule has 1 amide bonds. The fraction of sp³-hybridized carbons (Fsp3) is 0.158. The minimum absolute atomic E-state index is 0.0329. The molecule has 2 N–H and O–H groups in total. The molecule has 0 atom stereocenters. The van der Waals surface area contributed by atoms with Gasteiger partial charge in [0.05, 0.1) is 30.4 Å². The Balaban J connectivity index is 2.02. The van der Waals surface area contributed by atoms with Gasteiger partial charge in [-0.3, -0.25) is 20.2 Å². The maximum Gasteiger partial charge on any atom is 0.274 e. The number of amides is 1. The first kappa shape index (κ1) is 20.8. The van der Waals surface area contributed by atoms with Crippen LogP contribution in [0.15, 0.2) is 42.5 Å². The van der Waals surface area contributed by atoms with Crippen LogP contribution in [-0.4, -0.2) is 30.2 Å². The highest BCUT2D eigenvalue weighted by Crippen LogP contribution is 2.28. The minimum Gasteiger partial charge on any atom is -0.493 e. The highest BCUT2D eigenvalue weighted by Gasteiger charge is 2.14. The smallest absolute Gasteiger partial charge is 0.274 e. The largest absolute Gasteiger partial charge is 0.493 e. The van der Waals surface area contributed by atoms with Crippen LogP contribution in [0, 0.1) is 17.0 Å². The number of ether oxygens (including phenoxy) is 2. The average molecular weight is 401 g/mol. The van der Waals surface area contributed by atoms with Gasteiger partial charge in [-0.05, 0) is 49.0 Å². The third kappa shape index (κ3) is 5.27. The SMILES string of the molecule is COc1ccc(/C=C/C(=O)NC(=S)Nc2cccc([N+](=O)[O-])c2C)cc1OC. The van der Waals surface area contributed by atoms with E-state index in [0.717, 1.165) is 5.56 Å². The number of hydrogen-bond donors (Lipinski definition) is 2. The van der Waals surface area contributed by atoms with E-state index in [4.69, 9.17) is 21.7 Å². The average Bonchev–Trinajstić information content (AvgIpc) is 2.67. The first-order chi connectivity index (χ1) is 13.3. The highest BCUT2D eigenvalue weighted by atomic mass is 32.1. The van der Waals surface area contributed by atoms with Gasteiger partial charge < -0.3 is 14.8 Å². The van der Waals surface area contributed by atoms with Crippen LogP contribution in [-0.2, 0) is 4.79 Å². The number of anilines is 1. The predicted octanol–water partition coefficient (Wildman–Crippen LogP) is 3.45. The van der Waals surface area contributed by atoms with Crippen molar-refractivity contribution < 1.29 is 19.2 Å². The Hall–Kier alpha value is -3.46. The van der Waals surface area contributed by atoms with Crippen LogP contribution in [0.3, 0.4) is 0 Å². The molecule has 146 valence electrons. The van der Waals surface area contributed by atoms with E-state index in [9.17, 15) is 14.9 Å². The summed E-state index contributed by atoms with van der Waals surface area (Å²) in [5.74, 6) is 0.681. The quantitative estimate of drug-likeness (QED) is 0.331. The fourth-order valence-corrected chi connectivity index (χ4v) is 2.60. The van der Waals surface area contributed by atoms with Crippen LogP contribution in [0.2, 0.25) is 0 Å². The number of hydrogen-bond acceptors (Lipinski definition) is 6. The zero-order valence-corrected chi connectivity index (χ0v) is 16.3. The van der Waals surface area contributed by atoms with Crippen molar-refractivity contribution in [3.8, 4) is 11.5 Å². The van der Waals surface area contributed by atoms with E-state index < -0.39 is 10.8 Å². The van der Waals surface area contributed by atoms with Gasteiger partial charge in [-0.15, -0.1) is 0 Å². The molecule has 2 rings (SSSR count). The number of nitro groups is 1. The molecule has 9 heteroatoms. The van der Waals surface area contributed by atoms with Crippen LogP contribution in [0.4, 0.5) is 11.4 Å². The summed E-state index contributed by atoms with van der Waals surface area (Å²) in [7, 11) is 3.07. The van der Waals surface area contributed by atoms with Crippen molar-refractivity contribution in [3.63, 3.8) is 0 Å². The summed E-state index contributed by atoms with van der Waals surface area (Å²) in [6.45, 7) is 1.60. The Kier molecular flexibility index (Phi) is 7.05. The molecular formula is C19H19N3O5S. The number of methoxy groups -OCH3 is 2. The summed E-state index contributed by atoms with van der Waals surface area (Å²) >= 11 is 5.10. The van der Waals surface area contributed by atoms with Gasteiger partial charge in [0.25, 0.3) is 5.69 Å². The van der Waals surface area contributed by atoms with Crippen LogP contribution < -0.4 is 20.1 Å². The summed E-state index contributed by atoms with van der Waals surface area (Å²) in [6, 6.07) is 9.80. The lowest BCUT2D eigenvalue weighted by molar-refractivity contribution is -0.385. The van der Waals surface area contributed by atoms with Crippen molar-refractivity contribution in [1.82, 2.24) is 5.32 Å². The summed E-state index contributed by atoms with van der Waals surface area (Å²) in [4.78, 5) is 22.6. The maximum atomic E-state index is 12.1. The summed E-state index contributed by atoms with van der Waals surface area (Å²) in [6.07, 6.45) is 2.91. The van der Waals surface area contributed by atoms with Gasteiger partial charge >= 0.3 is 0 Å². The Morgan fingerprint density at radius 3 is 2.54 bits per heavy atom. The molecule has 0 bridgehead atoms. The molecule has 0 saturated heterocycles. The number of carbonyl (C=O) groups is 1. The minimum atomic E-state index is -0.478. The zero-order chi connectivity index (χ0) is 20.7. The number of carbonyl (C=O) groups excluding carboxylic acids is 1. The topological polar surface area (TPSA) is 103 Å². The summed E-state index contributed by atoms with van der Waals surface area (Å²) in [5.41, 5.74) is 1.57. The van der Waals surface area contributed by atoms with Crippen LogP contribution in [0.5, 0.6) is 11.5 Å². The molecule has 0 saturated carbocycles. The predicted molar refractivity (Wildman–Crippen MR) is 111 cm³/mol. The van der Waals surface area contributed by atoms with Crippen molar-refractivity contribution in [1.29, 1.82) is 0 Å². The highest BCUT2D eigenvalue weighted by molar-refractivity contribution is 7.80. The van der Waals surface area contributed by atoms with Gasteiger partial charge in [0.15, 0.2) is 16.6 Å². The molecule has 0 heterocycles. The van der Waals surface area contributed by atoms with Crippen molar-refractivity contribution in [2.45, 2.75) is 6.92 Å². The Morgan fingerprint density at radius 2 is 1.89 bits per heavy atom. The van der Waals surface area contributed by atoms with E-state index in [1.54, 1.807) is 37.3 Å². The van der Waals surface area contributed by atoms with Gasteiger partial charge in [-0.2, -0.15) is 0 Å². The second kappa shape index (κ2) is 9.47. The third-order valence-corrected chi connectivity index (χ3v) is 4.03. The van der Waals surface area contributed by atoms with Crippen molar-refractivity contribution in [3.05, 3.63) is 63.7 Å². The van der Waals surface area contributed by atoms with Crippen molar-refractivity contribution >= 4 is 40.7 Å². The van der Waals surface area contributed by atoms with E-state index in [2.05, 4.69) is 10.6 Å². The lowest BCUT2D eigenvalue weighted by atomic mass is 10.1. The van der Waals surface area contributed by atoms with Gasteiger partial charge in [0.2, 0.25) is 5.91 Å². The molecule has 0 aliphatic rings. The first-order valence-corrected chi connectivity index (χ1v) is 8.52. The molecule has 2 aromatic rings. The fourth-order valence-electron chi connectivity index (χ4n) is 2.39. The molecule has 0 fully saturated rings. The van der Waals surface area contributed by atoms with Gasteiger partial charge in [0, 0.05) is 12.1 Å². The molecule has 0 aromatic heterocycles. The number of benzene rings is 2. The van der Waals surface area contributed by atoms with Crippen LogP contribution in [0.1, 0.15) is 11.1 Å². The monoisotopic (exact) mass is 401 g/mol. The van der Waals surface area contributed by atoms with Crippen LogP contribution >= 0.6 is 12.2 Å². The molecule has 2 aromatic carbocycles. The number of rotatable bonds is 6. The molecule has 8 nitrogen and oxygen atoms in total. The number of nitrogens with one attached hydrogen (secondary N) is 2. The lowest BCUT2D eigenvalue weighted by Crippen LogP contribution is -2.33. The van der Waals surface area contributed by atoms with E-state index in [1.807, 2.05) is 0 Å².